The van der Waals surface area contributed by atoms with Crippen molar-refractivity contribution < 1.29 is 73.1 Å². The zero-order valence-electron chi connectivity index (χ0n) is 41.6. The Kier molecular flexibility index (Phi) is 21.5. The van der Waals surface area contributed by atoms with Crippen LogP contribution in [0.3, 0.4) is 0 Å². The zero-order chi connectivity index (χ0) is 51.0. The van der Waals surface area contributed by atoms with Crippen LogP contribution in [-0.4, -0.2) is 154 Å². The van der Waals surface area contributed by atoms with Crippen molar-refractivity contribution in [1.29, 1.82) is 0 Å². The average molecular weight is 981 g/mol. The molecule has 1 aliphatic carbocycles. The third-order valence-corrected chi connectivity index (χ3v) is 12.7. The van der Waals surface area contributed by atoms with Crippen molar-refractivity contribution in [2.45, 2.75) is 184 Å². The van der Waals surface area contributed by atoms with Crippen LogP contribution in [0.4, 0.5) is 0 Å². The number of rotatable bonds is 25. The summed E-state index contributed by atoms with van der Waals surface area (Å²) in [5, 5.41) is 52.9. The number of fused-ring (bicyclic) bond motifs is 1. The number of unbranched alkanes of at least 4 members (excludes halogenated alkanes) is 4. The average Bonchev–Trinajstić information content (AvgIpc) is 3.71. The minimum atomic E-state index is -1.56. The van der Waals surface area contributed by atoms with Crippen LogP contribution in [0.25, 0.3) is 6.08 Å². The van der Waals surface area contributed by atoms with E-state index in [1.165, 1.54) is 4.90 Å². The van der Waals surface area contributed by atoms with Gasteiger partial charge in [-0.05, 0) is 69.4 Å². The molecule has 2 aliphatic heterocycles. The lowest BCUT2D eigenvalue weighted by Gasteiger charge is -2.39. The number of aliphatic hydroxyl groups excluding tert-OH is 5. The second kappa shape index (κ2) is 26.8. The minimum Gasteiger partial charge on any atom is -0.460 e. The predicted octanol–water partition coefficient (Wildman–Crippen LogP) is 4.68. The number of ether oxygens (including phenoxy) is 6. The Morgan fingerprint density at radius 3 is 2.19 bits per heavy atom. The Labute approximate surface area is 412 Å². The number of carbonyl (C=O) groups excluding carboxylic acids is 4. The van der Waals surface area contributed by atoms with Crippen LogP contribution in [0, 0.1) is 0 Å². The summed E-state index contributed by atoms with van der Waals surface area (Å²) in [5.41, 5.74) is 1.32. The molecule has 2 saturated heterocycles. The van der Waals surface area contributed by atoms with Gasteiger partial charge in [-0.2, -0.15) is 0 Å². The smallest absolute Gasteiger partial charge is 0.338 e. The van der Waals surface area contributed by atoms with Gasteiger partial charge in [0.15, 0.2) is 12.1 Å². The fourth-order valence-corrected chi connectivity index (χ4v) is 8.87. The first-order valence-corrected chi connectivity index (χ1v) is 24.8. The number of carbonyl (C=O) groups is 4. The van der Waals surface area contributed by atoms with E-state index in [9.17, 15) is 44.7 Å². The molecule has 17 heteroatoms. The van der Waals surface area contributed by atoms with E-state index in [0.717, 1.165) is 44.1 Å². The van der Waals surface area contributed by atoms with E-state index >= 15 is 0 Å². The molecule has 0 spiro atoms. The van der Waals surface area contributed by atoms with E-state index in [0.29, 0.717) is 18.4 Å². The molecule has 10 atom stereocenters. The number of hydrogen-bond acceptors (Lipinski definition) is 15. The molecule has 17 nitrogen and oxygen atoms in total. The first-order chi connectivity index (χ1) is 33.4. The van der Waals surface area contributed by atoms with Gasteiger partial charge in [-0.25, -0.2) is 4.79 Å². The van der Waals surface area contributed by atoms with Gasteiger partial charge in [0.05, 0.1) is 31.4 Å². The predicted molar refractivity (Wildman–Crippen MR) is 259 cm³/mol. The number of hydrogen-bond donors (Lipinski definition) is 6. The van der Waals surface area contributed by atoms with Crippen molar-refractivity contribution in [3.8, 4) is 0 Å². The molecule has 0 aromatic heterocycles. The van der Waals surface area contributed by atoms with Gasteiger partial charge >= 0.3 is 11.9 Å². The van der Waals surface area contributed by atoms with E-state index < -0.39 is 109 Å². The number of nitrogens with one attached hydrogen (secondary N) is 1. The van der Waals surface area contributed by atoms with Crippen LogP contribution in [0.2, 0.25) is 0 Å². The molecule has 2 amide bonds. The molecule has 0 bridgehead atoms. The number of esters is 2. The van der Waals surface area contributed by atoms with Crippen molar-refractivity contribution in [3.05, 3.63) is 89.0 Å². The Morgan fingerprint density at radius 2 is 1.57 bits per heavy atom. The topological polar surface area (TPSA) is 240 Å². The summed E-state index contributed by atoms with van der Waals surface area (Å²) in [6.07, 6.45) is 2.81. The number of benzene rings is 2. The van der Waals surface area contributed by atoms with Gasteiger partial charge in [-0.3, -0.25) is 14.4 Å². The molecule has 2 aromatic carbocycles. The van der Waals surface area contributed by atoms with Crippen LogP contribution in [-0.2, 0) is 49.2 Å². The normalized spacial score (nSPS) is 25.1. The third kappa shape index (κ3) is 16.0. The number of nitrogens with zero attached hydrogens (tertiary/aromatic N) is 1. The van der Waals surface area contributed by atoms with Gasteiger partial charge in [0.1, 0.15) is 54.4 Å². The molecule has 70 heavy (non-hydrogen) atoms. The van der Waals surface area contributed by atoms with Crippen molar-refractivity contribution in [2.24, 2.45) is 0 Å². The summed E-state index contributed by atoms with van der Waals surface area (Å²) < 4.78 is 36.3. The van der Waals surface area contributed by atoms with Gasteiger partial charge in [0.25, 0.3) is 0 Å². The van der Waals surface area contributed by atoms with Crippen LogP contribution in [0.1, 0.15) is 127 Å². The Hall–Kier alpha value is -4.56. The van der Waals surface area contributed by atoms with Crippen molar-refractivity contribution >= 4 is 29.8 Å². The van der Waals surface area contributed by atoms with Crippen LogP contribution < -0.4 is 5.32 Å². The Bertz CT molecular complexity index is 2030. The quantitative estimate of drug-likeness (QED) is 0.0585. The van der Waals surface area contributed by atoms with Gasteiger partial charge < -0.3 is 64.2 Å². The molecule has 0 saturated carbocycles. The Morgan fingerprint density at radius 1 is 0.900 bits per heavy atom. The third-order valence-electron chi connectivity index (χ3n) is 12.7. The van der Waals surface area contributed by atoms with Crippen LogP contribution in [0.5, 0.6) is 0 Å². The maximum Gasteiger partial charge on any atom is 0.338 e. The summed E-state index contributed by atoms with van der Waals surface area (Å²) >= 11 is 0. The first-order valence-electron chi connectivity index (χ1n) is 24.8. The van der Waals surface area contributed by atoms with E-state index in [-0.39, 0.29) is 43.4 Å². The fraction of sp³-hybridized carbons (Fsp3) is 0.623. The fourth-order valence-electron chi connectivity index (χ4n) is 8.87. The molecule has 10 unspecified atom stereocenters. The lowest BCUT2D eigenvalue weighted by atomic mass is 9.90. The molecule has 2 aromatic rings. The van der Waals surface area contributed by atoms with Crippen molar-refractivity contribution in [2.75, 3.05) is 26.9 Å². The second-order valence-electron chi connectivity index (χ2n) is 19.5. The van der Waals surface area contributed by atoms with Gasteiger partial charge in [-0.15, -0.1) is 0 Å². The number of amides is 2. The maximum absolute atomic E-state index is 14.8. The van der Waals surface area contributed by atoms with Gasteiger partial charge in [0.2, 0.25) is 11.8 Å². The molecule has 6 N–H and O–H groups in total. The standard InChI is InChI=1S/C53H76N2O15/c1-7-9-14-26-53(27-15-10-8-2)68-41-31-37(49(63)55(6)39(29-35-17-12-11-13-18-35)48(62)54-38(32-56)24-25-43(58)69-52(3,4)5)30-40(47(41)70-53)66-50(64)36-22-20-34(21-23-36)19-16-28-65-51-46(61)45(60)44(59)42(33-57)67-51/h11-13,16-23,31,38-42,44-47,51,56-57,59-61H,7-10,14-15,24-30,32-33H2,1-6H3,(H,54,62). The molecule has 2 heterocycles. The zero-order valence-corrected chi connectivity index (χ0v) is 41.6. The number of likely N-dealkylation sites (N-methyl/N-ethyl adjacent to an activating group) is 1. The second-order valence-corrected chi connectivity index (χ2v) is 19.5. The number of aliphatic hydroxyl groups is 5. The summed E-state index contributed by atoms with van der Waals surface area (Å²) in [5.74, 6) is -3.07. The van der Waals surface area contributed by atoms with Gasteiger partial charge in [0, 0.05) is 44.7 Å². The molecular weight excluding hydrogens is 905 g/mol. The highest BCUT2D eigenvalue weighted by Crippen LogP contribution is 2.43. The van der Waals surface area contributed by atoms with E-state index in [2.05, 4.69) is 19.2 Å². The SMILES string of the molecule is CCCCCC1(CCCCC)OC2C=C(C(=O)N(C)C(Cc3ccccc3)C(=O)NC(CO)CCC(=O)OC(C)(C)C)CC(OC(=O)c3ccc(C=CCOC4OC(CO)C(O)C(O)C4O)cc3)C2O1. The molecule has 0 radical (unpaired) electrons. The summed E-state index contributed by atoms with van der Waals surface area (Å²) in [6.45, 7) is 8.46. The lowest BCUT2D eigenvalue weighted by molar-refractivity contribution is -0.298. The lowest BCUT2D eigenvalue weighted by Crippen LogP contribution is -2.59. The molecule has 5 rings (SSSR count). The highest BCUT2D eigenvalue weighted by atomic mass is 16.8. The molecule has 388 valence electrons. The molecule has 3 aliphatic rings. The molecular formula is C53H76N2O15. The first kappa shape index (κ1) is 56.4. The van der Waals surface area contributed by atoms with Crippen molar-refractivity contribution in [1.82, 2.24) is 10.2 Å². The van der Waals surface area contributed by atoms with Crippen LogP contribution >= 0.6 is 0 Å². The maximum atomic E-state index is 14.8. The van der Waals surface area contributed by atoms with E-state index in [1.807, 2.05) is 30.3 Å². The Balaban J connectivity index is 1.35. The largest absolute Gasteiger partial charge is 0.460 e. The van der Waals surface area contributed by atoms with Crippen LogP contribution in [0.15, 0.2) is 72.3 Å². The summed E-state index contributed by atoms with van der Waals surface area (Å²) in [6, 6.07) is 14.0. The highest BCUT2D eigenvalue weighted by molar-refractivity contribution is 5.97. The summed E-state index contributed by atoms with van der Waals surface area (Å²) in [7, 11) is 1.54. The van der Waals surface area contributed by atoms with Crippen molar-refractivity contribution in [3.63, 3.8) is 0 Å². The summed E-state index contributed by atoms with van der Waals surface area (Å²) in [4.78, 5) is 56.9. The highest BCUT2D eigenvalue weighted by Gasteiger charge is 2.53. The molecule has 2 fully saturated rings. The van der Waals surface area contributed by atoms with E-state index in [4.69, 9.17) is 28.4 Å². The minimum absolute atomic E-state index is 0.0243. The monoisotopic (exact) mass is 981 g/mol. The van der Waals surface area contributed by atoms with E-state index in [1.54, 1.807) is 70.3 Å². The van der Waals surface area contributed by atoms with Gasteiger partial charge in [-0.1, -0.05) is 94.1 Å².